The van der Waals surface area contributed by atoms with Crippen molar-refractivity contribution in [1.29, 1.82) is 0 Å². The molecule has 78 valence electrons. The van der Waals surface area contributed by atoms with E-state index in [0.29, 0.717) is 18.7 Å². The van der Waals surface area contributed by atoms with E-state index in [1.807, 2.05) is 0 Å². The molecule has 1 aliphatic rings. The lowest BCUT2D eigenvalue weighted by Gasteiger charge is -2.28. The average Bonchev–Trinajstić information content (AvgIpc) is 2.62. The van der Waals surface area contributed by atoms with E-state index in [1.165, 1.54) is 10.6 Å². The molecule has 1 aromatic heterocycles. The Bertz CT molecular complexity index is 400. The molecule has 0 bridgehead atoms. The van der Waals surface area contributed by atoms with Crippen LogP contribution in [0.1, 0.15) is 18.2 Å². The van der Waals surface area contributed by atoms with E-state index in [4.69, 9.17) is 0 Å². The second-order valence-electron chi connectivity index (χ2n) is 3.21. The highest BCUT2D eigenvalue weighted by Gasteiger charge is 2.30. The SMILES string of the molecule is CN1CC[C@@H](c2ccon2)NS1(=O)=O. The van der Waals surface area contributed by atoms with Crippen LogP contribution in [0.5, 0.6) is 0 Å². The highest BCUT2D eigenvalue weighted by atomic mass is 32.2. The van der Waals surface area contributed by atoms with E-state index in [0.717, 1.165) is 0 Å². The molecule has 1 aromatic rings. The van der Waals surface area contributed by atoms with Gasteiger partial charge in [-0.25, -0.2) is 0 Å². The minimum atomic E-state index is -3.34. The van der Waals surface area contributed by atoms with Crippen LogP contribution in [-0.4, -0.2) is 31.5 Å². The van der Waals surface area contributed by atoms with E-state index in [2.05, 4.69) is 14.4 Å². The van der Waals surface area contributed by atoms with Gasteiger partial charge in [0.15, 0.2) is 0 Å². The number of nitrogens with zero attached hydrogens (tertiary/aromatic N) is 2. The third-order valence-electron chi connectivity index (χ3n) is 2.25. The lowest BCUT2D eigenvalue weighted by molar-refractivity contribution is 0.359. The van der Waals surface area contributed by atoms with Gasteiger partial charge >= 0.3 is 0 Å². The van der Waals surface area contributed by atoms with Crippen LogP contribution < -0.4 is 4.72 Å². The first-order chi connectivity index (χ1) is 6.59. The normalized spacial score (nSPS) is 27.6. The molecule has 1 fully saturated rings. The minimum absolute atomic E-state index is 0.269. The van der Waals surface area contributed by atoms with Gasteiger partial charge in [0.05, 0.1) is 6.04 Å². The summed E-state index contributed by atoms with van der Waals surface area (Å²) >= 11 is 0. The van der Waals surface area contributed by atoms with Crippen molar-refractivity contribution < 1.29 is 12.9 Å². The summed E-state index contributed by atoms with van der Waals surface area (Å²) in [6.07, 6.45) is 2.13. The molecule has 2 rings (SSSR count). The molecule has 0 saturated carbocycles. The molecule has 14 heavy (non-hydrogen) atoms. The molecule has 1 aliphatic heterocycles. The summed E-state index contributed by atoms with van der Waals surface area (Å²) < 4.78 is 31.4. The van der Waals surface area contributed by atoms with Crippen molar-refractivity contribution in [2.45, 2.75) is 12.5 Å². The lowest BCUT2D eigenvalue weighted by atomic mass is 10.1. The monoisotopic (exact) mass is 217 g/mol. The van der Waals surface area contributed by atoms with E-state index in [9.17, 15) is 8.42 Å². The van der Waals surface area contributed by atoms with Gasteiger partial charge in [-0.3, -0.25) is 0 Å². The van der Waals surface area contributed by atoms with Crippen molar-refractivity contribution in [2.24, 2.45) is 0 Å². The van der Waals surface area contributed by atoms with Crippen molar-refractivity contribution in [3.05, 3.63) is 18.0 Å². The fourth-order valence-electron chi connectivity index (χ4n) is 1.37. The smallest absolute Gasteiger partial charge is 0.279 e. The standard InChI is InChI=1S/C7H11N3O3S/c1-10-4-2-7(9-14(10,11)12)6-3-5-13-8-6/h3,5,7,9H,2,4H2,1H3/t7-/m0/s1. The van der Waals surface area contributed by atoms with Gasteiger partial charge in [0.2, 0.25) is 0 Å². The van der Waals surface area contributed by atoms with Crippen LogP contribution >= 0.6 is 0 Å². The second kappa shape index (κ2) is 3.34. The Morgan fingerprint density at radius 1 is 1.71 bits per heavy atom. The molecular formula is C7H11N3O3S. The quantitative estimate of drug-likeness (QED) is 0.712. The molecule has 2 heterocycles. The summed E-state index contributed by atoms with van der Waals surface area (Å²) in [4.78, 5) is 0. The Balaban J connectivity index is 2.19. The summed E-state index contributed by atoms with van der Waals surface area (Å²) in [6.45, 7) is 0.493. The lowest BCUT2D eigenvalue weighted by Crippen LogP contribution is -2.46. The van der Waals surface area contributed by atoms with Crippen molar-refractivity contribution in [3.63, 3.8) is 0 Å². The molecule has 0 aromatic carbocycles. The van der Waals surface area contributed by atoms with Crippen LogP contribution in [-0.2, 0) is 10.2 Å². The molecular weight excluding hydrogens is 206 g/mol. The Labute approximate surface area is 82.1 Å². The predicted molar refractivity (Wildman–Crippen MR) is 48.5 cm³/mol. The van der Waals surface area contributed by atoms with E-state index >= 15 is 0 Å². The largest absolute Gasteiger partial charge is 0.364 e. The predicted octanol–water partition coefficient (Wildman–Crippen LogP) is -0.114. The summed E-state index contributed by atoms with van der Waals surface area (Å²) in [7, 11) is -1.79. The van der Waals surface area contributed by atoms with Gasteiger partial charge in [0.25, 0.3) is 10.2 Å². The third-order valence-corrected chi connectivity index (χ3v) is 3.83. The maximum Gasteiger partial charge on any atom is 0.279 e. The van der Waals surface area contributed by atoms with Gasteiger partial charge in [-0.15, -0.1) is 0 Å². The summed E-state index contributed by atoms with van der Waals surface area (Å²) in [6, 6.07) is 1.40. The van der Waals surface area contributed by atoms with Crippen molar-refractivity contribution in [3.8, 4) is 0 Å². The molecule has 0 amide bonds. The molecule has 1 atom stereocenters. The summed E-state index contributed by atoms with van der Waals surface area (Å²) in [5.74, 6) is 0. The first-order valence-corrected chi connectivity index (χ1v) is 5.67. The van der Waals surface area contributed by atoms with E-state index in [-0.39, 0.29) is 6.04 Å². The van der Waals surface area contributed by atoms with Crippen LogP contribution in [0, 0.1) is 0 Å². The molecule has 7 heteroatoms. The molecule has 0 radical (unpaired) electrons. The Morgan fingerprint density at radius 2 is 2.50 bits per heavy atom. The zero-order valence-corrected chi connectivity index (χ0v) is 8.49. The molecule has 1 saturated heterocycles. The van der Waals surface area contributed by atoms with Gasteiger partial charge < -0.3 is 4.52 Å². The number of rotatable bonds is 1. The molecule has 0 unspecified atom stereocenters. The Hall–Kier alpha value is -0.920. The zero-order chi connectivity index (χ0) is 10.2. The summed E-state index contributed by atoms with van der Waals surface area (Å²) in [5, 5.41) is 3.71. The topological polar surface area (TPSA) is 75.4 Å². The van der Waals surface area contributed by atoms with Crippen molar-refractivity contribution >= 4 is 10.2 Å². The fraction of sp³-hybridized carbons (Fsp3) is 0.571. The van der Waals surface area contributed by atoms with E-state index in [1.54, 1.807) is 13.1 Å². The van der Waals surface area contributed by atoms with Gasteiger partial charge in [-0.1, -0.05) is 5.16 Å². The fourth-order valence-corrected chi connectivity index (χ4v) is 2.49. The van der Waals surface area contributed by atoms with Crippen molar-refractivity contribution in [1.82, 2.24) is 14.2 Å². The maximum absolute atomic E-state index is 11.4. The number of hydrogen-bond acceptors (Lipinski definition) is 4. The van der Waals surface area contributed by atoms with Gasteiger partial charge in [0.1, 0.15) is 12.0 Å². The average molecular weight is 217 g/mol. The number of nitrogens with one attached hydrogen (secondary N) is 1. The van der Waals surface area contributed by atoms with Crippen LogP contribution in [0.4, 0.5) is 0 Å². The highest BCUT2D eigenvalue weighted by molar-refractivity contribution is 7.87. The van der Waals surface area contributed by atoms with Crippen molar-refractivity contribution in [2.75, 3.05) is 13.6 Å². The zero-order valence-electron chi connectivity index (χ0n) is 7.67. The maximum atomic E-state index is 11.4. The summed E-state index contributed by atoms with van der Waals surface area (Å²) in [5.41, 5.74) is 0.627. The first-order valence-electron chi connectivity index (χ1n) is 4.23. The first kappa shape index (κ1) is 9.63. The third kappa shape index (κ3) is 1.66. The van der Waals surface area contributed by atoms with Gasteiger partial charge in [-0.2, -0.15) is 17.4 Å². The second-order valence-corrected chi connectivity index (χ2v) is 5.02. The number of aromatic nitrogens is 1. The van der Waals surface area contributed by atoms with Gasteiger partial charge in [-0.05, 0) is 6.42 Å². The Kier molecular flexibility index (Phi) is 2.30. The molecule has 0 spiro atoms. The molecule has 1 N–H and O–H groups in total. The highest BCUT2D eigenvalue weighted by Crippen LogP contribution is 2.21. The Morgan fingerprint density at radius 3 is 3.07 bits per heavy atom. The molecule has 6 nitrogen and oxygen atoms in total. The minimum Gasteiger partial charge on any atom is -0.364 e. The van der Waals surface area contributed by atoms with Gasteiger partial charge in [0, 0.05) is 19.7 Å². The van der Waals surface area contributed by atoms with Crippen LogP contribution in [0.15, 0.2) is 16.9 Å². The van der Waals surface area contributed by atoms with Crippen LogP contribution in [0.3, 0.4) is 0 Å². The van der Waals surface area contributed by atoms with E-state index < -0.39 is 10.2 Å². The molecule has 0 aliphatic carbocycles. The number of hydrogen-bond donors (Lipinski definition) is 1. The van der Waals surface area contributed by atoms with Crippen LogP contribution in [0.25, 0.3) is 0 Å². The van der Waals surface area contributed by atoms with Crippen LogP contribution in [0.2, 0.25) is 0 Å².